The quantitative estimate of drug-likeness (QED) is 0.720. The van der Waals surface area contributed by atoms with Crippen molar-refractivity contribution in [3.63, 3.8) is 0 Å². The molecule has 1 fully saturated rings. The van der Waals surface area contributed by atoms with E-state index in [0.717, 1.165) is 6.54 Å². The molecule has 1 atom stereocenters. The van der Waals surface area contributed by atoms with Crippen LogP contribution in [-0.4, -0.2) is 59.2 Å². The minimum atomic E-state index is -0.635. The Morgan fingerprint density at radius 2 is 2.18 bits per heavy atom. The van der Waals surface area contributed by atoms with Crippen LogP contribution in [-0.2, 0) is 6.54 Å². The summed E-state index contributed by atoms with van der Waals surface area (Å²) >= 11 is 0. The number of aliphatic hydroxyl groups is 1. The zero-order valence-electron chi connectivity index (χ0n) is 15.7. The van der Waals surface area contributed by atoms with Gasteiger partial charge >= 0.3 is 0 Å². The summed E-state index contributed by atoms with van der Waals surface area (Å²) in [6.45, 7) is 3.87. The first-order valence-corrected chi connectivity index (χ1v) is 9.61. The SMILES string of the molecule is CCn1cc2c(n1)C(O)CC1(CCN(C(=O)c3cnn4ncccc34)CC1)O2. The van der Waals surface area contributed by atoms with Gasteiger partial charge < -0.3 is 14.7 Å². The van der Waals surface area contributed by atoms with Crippen molar-refractivity contribution in [1.29, 1.82) is 0 Å². The molecular weight excluding hydrogens is 360 g/mol. The predicted octanol–water partition coefficient (Wildman–Crippen LogP) is 1.44. The van der Waals surface area contributed by atoms with E-state index < -0.39 is 11.7 Å². The van der Waals surface area contributed by atoms with Crippen LogP contribution in [0.4, 0.5) is 0 Å². The fraction of sp³-hybridized carbons (Fsp3) is 0.474. The Kier molecular flexibility index (Phi) is 3.87. The highest BCUT2D eigenvalue weighted by atomic mass is 16.5. The van der Waals surface area contributed by atoms with Crippen LogP contribution in [0.25, 0.3) is 5.52 Å². The molecule has 146 valence electrons. The highest BCUT2D eigenvalue weighted by molar-refractivity contribution is 6.00. The minimum Gasteiger partial charge on any atom is -0.483 e. The smallest absolute Gasteiger partial charge is 0.257 e. The maximum absolute atomic E-state index is 13.0. The highest BCUT2D eigenvalue weighted by Crippen LogP contribution is 2.43. The van der Waals surface area contributed by atoms with E-state index >= 15 is 0 Å². The molecule has 2 aliphatic heterocycles. The van der Waals surface area contributed by atoms with Crippen molar-refractivity contribution in [3.8, 4) is 5.75 Å². The average Bonchev–Trinajstić information content (AvgIpc) is 3.32. The van der Waals surface area contributed by atoms with Crippen molar-refractivity contribution < 1.29 is 14.6 Å². The Morgan fingerprint density at radius 1 is 1.36 bits per heavy atom. The van der Waals surface area contributed by atoms with Crippen LogP contribution in [0.5, 0.6) is 5.75 Å². The lowest BCUT2D eigenvalue weighted by Crippen LogP contribution is -2.51. The molecule has 1 amide bonds. The lowest BCUT2D eigenvalue weighted by molar-refractivity contribution is -0.0504. The monoisotopic (exact) mass is 382 g/mol. The number of carbonyl (C=O) groups is 1. The van der Waals surface area contributed by atoms with Gasteiger partial charge in [-0.2, -0.15) is 19.9 Å². The largest absolute Gasteiger partial charge is 0.483 e. The van der Waals surface area contributed by atoms with E-state index in [0.29, 0.717) is 54.9 Å². The Hall–Kier alpha value is -2.94. The number of carbonyl (C=O) groups excluding carboxylic acids is 1. The number of aromatic nitrogens is 5. The first-order valence-electron chi connectivity index (χ1n) is 9.61. The Bertz CT molecular complexity index is 1030. The van der Waals surface area contributed by atoms with E-state index in [4.69, 9.17) is 4.74 Å². The summed E-state index contributed by atoms with van der Waals surface area (Å²) in [4.78, 5) is 14.8. The molecule has 3 aromatic heterocycles. The Morgan fingerprint density at radius 3 is 2.96 bits per heavy atom. The zero-order valence-corrected chi connectivity index (χ0v) is 15.7. The van der Waals surface area contributed by atoms with Crippen LogP contribution in [0.3, 0.4) is 0 Å². The first-order chi connectivity index (χ1) is 13.6. The van der Waals surface area contributed by atoms with Crippen molar-refractivity contribution in [1.82, 2.24) is 29.5 Å². The van der Waals surface area contributed by atoms with Crippen LogP contribution >= 0.6 is 0 Å². The normalized spacial score (nSPS) is 20.9. The molecule has 0 aromatic carbocycles. The number of hydrogen-bond acceptors (Lipinski definition) is 6. The topological polar surface area (TPSA) is 97.8 Å². The van der Waals surface area contributed by atoms with Gasteiger partial charge in [0, 0.05) is 45.1 Å². The van der Waals surface area contributed by atoms with Crippen molar-refractivity contribution in [3.05, 3.63) is 42.0 Å². The van der Waals surface area contributed by atoms with E-state index in [1.807, 2.05) is 24.1 Å². The van der Waals surface area contributed by atoms with Crippen LogP contribution in [0.15, 0.2) is 30.7 Å². The number of likely N-dealkylation sites (tertiary alicyclic amines) is 1. The van der Waals surface area contributed by atoms with Gasteiger partial charge in [-0.1, -0.05) is 0 Å². The molecule has 3 aromatic rings. The summed E-state index contributed by atoms with van der Waals surface area (Å²) in [6.07, 6.45) is 6.27. The van der Waals surface area contributed by atoms with Gasteiger partial charge in [0.25, 0.3) is 5.91 Å². The lowest BCUT2D eigenvalue weighted by Gasteiger charge is -2.44. The van der Waals surface area contributed by atoms with Gasteiger partial charge in [-0.05, 0) is 19.1 Å². The maximum atomic E-state index is 13.0. The molecule has 5 rings (SSSR count). The van der Waals surface area contributed by atoms with Gasteiger partial charge in [0.1, 0.15) is 22.9 Å². The molecule has 5 heterocycles. The number of fused-ring (bicyclic) bond motifs is 2. The highest BCUT2D eigenvalue weighted by Gasteiger charge is 2.45. The fourth-order valence-corrected chi connectivity index (χ4v) is 4.20. The van der Waals surface area contributed by atoms with Gasteiger partial charge in [0.05, 0.1) is 18.0 Å². The second-order valence-electron chi connectivity index (χ2n) is 7.49. The summed E-state index contributed by atoms with van der Waals surface area (Å²) in [6, 6.07) is 3.64. The molecule has 0 bridgehead atoms. The molecule has 0 radical (unpaired) electrons. The second kappa shape index (κ2) is 6.30. The number of hydrogen-bond donors (Lipinski definition) is 1. The van der Waals surface area contributed by atoms with Gasteiger partial charge in [0.15, 0.2) is 5.75 Å². The third-order valence-corrected chi connectivity index (χ3v) is 5.78. The van der Waals surface area contributed by atoms with E-state index in [2.05, 4.69) is 15.3 Å². The molecule has 28 heavy (non-hydrogen) atoms. The average molecular weight is 382 g/mol. The number of ether oxygens (including phenoxy) is 1. The molecule has 1 spiro atoms. The summed E-state index contributed by atoms with van der Waals surface area (Å²) in [5.74, 6) is 0.614. The standard InChI is InChI=1S/C19H22N6O3/c1-2-24-12-16-17(22-24)15(26)10-19(28-16)5-8-23(9-6-19)18(27)13-11-21-25-14(13)4-3-7-20-25/h3-4,7,11-12,15,26H,2,5-6,8-10H2,1H3. The van der Waals surface area contributed by atoms with Crippen molar-refractivity contribution in [2.45, 2.75) is 44.4 Å². The molecule has 9 heteroatoms. The van der Waals surface area contributed by atoms with Gasteiger partial charge in [0.2, 0.25) is 0 Å². The van der Waals surface area contributed by atoms with Gasteiger partial charge in [-0.3, -0.25) is 9.48 Å². The molecule has 2 aliphatic rings. The number of rotatable bonds is 2. The van der Waals surface area contributed by atoms with Crippen LogP contribution < -0.4 is 4.74 Å². The number of nitrogens with zero attached hydrogens (tertiary/aromatic N) is 6. The third kappa shape index (κ3) is 2.65. The van der Waals surface area contributed by atoms with Crippen LogP contribution in [0.2, 0.25) is 0 Å². The van der Waals surface area contributed by atoms with Crippen molar-refractivity contribution in [2.24, 2.45) is 0 Å². The second-order valence-corrected chi connectivity index (χ2v) is 7.49. The van der Waals surface area contributed by atoms with E-state index in [1.165, 1.54) is 4.63 Å². The maximum Gasteiger partial charge on any atom is 0.257 e. The van der Waals surface area contributed by atoms with E-state index in [9.17, 15) is 9.90 Å². The zero-order chi connectivity index (χ0) is 19.3. The van der Waals surface area contributed by atoms with Gasteiger partial charge in [-0.25, -0.2) is 0 Å². The number of aliphatic hydroxyl groups excluding tert-OH is 1. The van der Waals surface area contributed by atoms with Crippen molar-refractivity contribution >= 4 is 11.4 Å². The molecule has 1 N–H and O–H groups in total. The van der Waals surface area contributed by atoms with Crippen molar-refractivity contribution in [2.75, 3.05) is 13.1 Å². The molecule has 1 unspecified atom stereocenters. The summed E-state index contributed by atoms with van der Waals surface area (Å²) in [5, 5.41) is 23.2. The summed E-state index contributed by atoms with van der Waals surface area (Å²) in [5.41, 5.74) is 1.42. The lowest BCUT2D eigenvalue weighted by atomic mass is 9.83. The van der Waals surface area contributed by atoms with E-state index in [-0.39, 0.29) is 5.91 Å². The third-order valence-electron chi connectivity index (χ3n) is 5.78. The van der Waals surface area contributed by atoms with Crippen LogP contribution in [0, 0.1) is 0 Å². The fourth-order valence-electron chi connectivity index (χ4n) is 4.20. The first kappa shape index (κ1) is 17.2. The summed E-state index contributed by atoms with van der Waals surface area (Å²) < 4.78 is 9.54. The molecule has 0 aliphatic carbocycles. The Labute approximate surface area is 161 Å². The molecule has 9 nitrogen and oxygen atoms in total. The minimum absolute atomic E-state index is 0.0475. The van der Waals surface area contributed by atoms with Crippen LogP contribution in [0.1, 0.15) is 48.3 Å². The molecule has 0 saturated carbocycles. The number of piperidine rings is 1. The molecular formula is C19H22N6O3. The Balaban J connectivity index is 1.33. The summed E-state index contributed by atoms with van der Waals surface area (Å²) in [7, 11) is 0. The number of amides is 1. The number of aryl methyl sites for hydroxylation is 1. The predicted molar refractivity (Wildman–Crippen MR) is 99.0 cm³/mol. The molecule has 1 saturated heterocycles. The van der Waals surface area contributed by atoms with E-state index in [1.54, 1.807) is 23.1 Å². The van der Waals surface area contributed by atoms with Gasteiger partial charge in [-0.15, -0.1) is 0 Å².